The number of carbonyl (C=O) groups is 1. The Morgan fingerprint density at radius 1 is 1.10 bits per heavy atom. The highest BCUT2D eigenvalue weighted by Gasteiger charge is 2.16. The summed E-state index contributed by atoms with van der Waals surface area (Å²) in [6.45, 7) is 0. The van der Waals surface area contributed by atoms with Crippen molar-refractivity contribution in [2.45, 2.75) is 0 Å². The molecule has 0 saturated heterocycles. The molecule has 0 aliphatic rings. The quantitative estimate of drug-likeness (QED) is 0.746. The Balaban J connectivity index is 2.24. The van der Waals surface area contributed by atoms with Gasteiger partial charge in [-0.2, -0.15) is 0 Å². The minimum Gasteiger partial charge on any atom is -0.496 e. The Morgan fingerprint density at radius 2 is 1.86 bits per heavy atom. The van der Waals surface area contributed by atoms with E-state index in [1.807, 2.05) is 42.6 Å². The van der Waals surface area contributed by atoms with Crippen molar-refractivity contribution in [3.63, 3.8) is 0 Å². The second-order valence-electron chi connectivity index (χ2n) is 4.66. The van der Waals surface area contributed by atoms with Gasteiger partial charge in [0.15, 0.2) is 0 Å². The van der Waals surface area contributed by atoms with Gasteiger partial charge in [-0.3, -0.25) is 0 Å². The smallest absolute Gasteiger partial charge is 0.341 e. The first-order valence-electron chi connectivity index (χ1n) is 6.57. The van der Waals surface area contributed by atoms with Crippen molar-refractivity contribution in [1.29, 1.82) is 0 Å². The van der Waals surface area contributed by atoms with Crippen molar-refractivity contribution in [1.82, 2.24) is 4.98 Å². The number of fused-ring (bicyclic) bond motifs is 1. The average molecular weight is 281 g/mol. The third-order valence-electron chi connectivity index (χ3n) is 3.49. The van der Waals surface area contributed by atoms with E-state index in [0.717, 1.165) is 22.0 Å². The second-order valence-corrected chi connectivity index (χ2v) is 4.66. The van der Waals surface area contributed by atoms with Gasteiger partial charge in [-0.25, -0.2) is 4.79 Å². The summed E-state index contributed by atoms with van der Waals surface area (Å²) in [5.74, 6) is 0.0878. The van der Waals surface area contributed by atoms with Crippen LogP contribution in [-0.4, -0.2) is 25.2 Å². The molecule has 2 aromatic carbocycles. The molecule has 3 aromatic rings. The number of H-pyrrole nitrogens is 1. The molecule has 106 valence electrons. The van der Waals surface area contributed by atoms with E-state index >= 15 is 0 Å². The number of nitrogens with one attached hydrogen (secondary N) is 1. The minimum absolute atomic E-state index is 0.408. The van der Waals surface area contributed by atoms with Crippen molar-refractivity contribution >= 4 is 16.9 Å². The summed E-state index contributed by atoms with van der Waals surface area (Å²) < 4.78 is 10.1. The fourth-order valence-electron chi connectivity index (χ4n) is 2.44. The third-order valence-corrected chi connectivity index (χ3v) is 3.49. The molecule has 0 fully saturated rings. The zero-order valence-corrected chi connectivity index (χ0v) is 11.8. The first kappa shape index (κ1) is 13.2. The maximum absolute atomic E-state index is 11.9. The van der Waals surface area contributed by atoms with E-state index in [2.05, 4.69) is 4.98 Å². The molecule has 0 bridgehead atoms. The van der Waals surface area contributed by atoms with Crippen LogP contribution in [0.5, 0.6) is 5.75 Å². The van der Waals surface area contributed by atoms with E-state index in [9.17, 15) is 4.79 Å². The Kier molecular flexibility index (Phi) is 3.36. The lowest BCUT2D eigenvalue weighted by Gasteiger charge is -2.08. The summed E-state index contributed by atoms with van der Waals surface area (Å²) in [5.41, 5.74) is 3.46. The van der Waals surface area contributed by atoms with Crippen LogP contribution in [0.3, 0.4) is 0 Å². The molecule has 1 aromatic heterocycles. The van der Waals surface area contributed by atoms with Gasteiger partial charge in [0.25, 0.3) is 0 Å². The SMILES string of the molecule is COC(=O)c1cc2c(-c3ccccc3)c[nH]c2cc1OC. The highest BCUT2D eigenvalue weighted by atomic mass is 16.5. The zero-order chi connectivity index (χ0) is 14.8. The molecular weight excluding hydrogens is 266 g/mol. The first-order chi connectivity index (χ1) is 10.2. The van der Waals surface area contributed by atoms with E-state index < -0.39 is 5.97 Å². The molecular formula is C17H15NO3. The molecule has 4 nitrogen and oxygen atoms in total. The fourth-order valence-corrected chi connectivity index (χ4v) is 2.44. The average Bonchev–Trinajstić information content (AvgIpc) is 2.96. The maximum atomic E-state index is 11.9. The van der Waals surface area contributed by atoms with Crippen LogP contribution in [0.2, 0.25) is 0 Å². The van der Waals surface area contributed by atoms with Crippen molar-refractivity contribution in [3.05, 3.63) is 54.2 Å². The molecule has 1 N–H and O–H groups in total. The van der Waals surface area contributed by atoms with Crippen molar-refractivity contribution in [2.24, 2.45) is 0 Å². The summed E-state index contributed by atoms with van der Waals surface area (Å²) in [4.78, 5) is 15.1. The lowest BCUT2D eigenvalue weighted by molar-refractivity contribution is 0.0597. The fraction of sp³-hybridized carbons (Fsp3) is 0.118. The number of hydrogen-bond donors (Lipinski definition) is 1. The van der Waals surface area contributed by atoms with Crippen molar-refractivity contribution < 1.29 is 14.3 Å². The van der Waals surface area contributed by atoms with Crippen LogP contribution in [0.25, 0.3) is 22.0 Å². The summed E-state index contributed by atoms with van der Waals surface area (Å²) in [5, 5.41) is 0.961. The molecule has 3 rings (SSSR count). The van der Waals surface area contributed by atoms with Gasteiger partial charge in [-0.1, -0.05) is 30.3 Å². The molecule has 0 amide bonds. The number of ether oxygens (including phenoxy) is 2. The van der Waals surface area contributed by atoms with Crippen LogP contribution >= 0.6 is 0 Å². The summed E-state index contributed by atoms with van der Waals surface area (Å²) >= 11 is 0. The predicted molar refractivity (Wildman–Crippen MR) is 81.6 cm³/mol. The molecule has 1 heterocycles. The largest absolute Gasteiger partial charge is 0.496 e. The molecule has 0 atom stereocenters. The molecule has 0 aliphatic heterocycles. The van der Waals surface area contributed by atoms with E-state index in [4.69, 9.17) is 9.47 Å². The first-order valence-corrected chi connectivity index (χ1v) is 6.57. The molecule has 21 heavy (non-hydrogen) atoms. The molecule has 0 radical (unpaired) electrons. The number of benzene rings is 2. The van der Waals surface area contributed by atoms with Crippen LogP contribution < -0.4 is 4.74 Å². The number of rotatable bonds is 3. The molecule has 4 heteroatoms. The molecule has 0 unspecified atom stereocenters. The lowest BCUT2D eigenvalue weighted by atomic mass is 10.0. The van der Waals surface area contributed by atoms with Crippen LogP contribution in [0.15, 0.2) is 48.7 Å². The number of methoxy groups -OCH3 is 2. The van der Waals surface area contributed by atoms with Crippen molar-refractivity contribution in [3.8, 4) is 16.9 Å². The highest BCUT2D eigenvalue weighted by molar-refractivity contribution is 6.03. The second kappa shape index (κ2) is 5.32. The van der Waals surface area contributed by atoms with Crippen LogP contribution in [-0.2, 0) is 4.74 Å². The number of carbonyl (C=O) groups excluding carboxylic acids is 1. The Hall–Kier alpha value is -2.75. The van der Waals surface area contributed by atoms with E-state index in [1.54, 1.807) is 6.07 Å². The van der Waals surface area contributed by atoms with Crippen molar-refractivity contribution in [2.75, 3.05) is 14.2 Å². The maximum Gasteiger partial charge on any atom is 0.341 e. The normalized spacial score (nSPS) is 10.6. The third kappa shape index (κ3) is 2.25. The van der Waals surface area contributed by atoms with E-state index in [-0.39, 0.29) is 0 Å². The van der Waals surface area contributed by atoms with Crippen LogP contribution in [0.1, 0.15) is 10.4 Å². The highest BCUT2D eigenvalue weighted by Crippen LogP contribution is 2.33. The number of aromatic amines is 1. The zero-order valence-electron chi connectivity index (χ0n) is 11.8. The van der Waals surface area contributed by atoms with Gasteiger partial charge in [0.05, 0.1) is 14.2 Å². The lowest BCUT2D eigenvalue weighted by Crippen LogP contribution is -2.03. The number of aromatic nitrogens is 1. The minimum atomic E-state index is -0.408. The van der Waals surface area contributed by atoms with Gasteiger partial charge in [0, 0.05) is 28.7 Å². The van der Waals surface area contributed by atoms with E-state index in [0.29, 0.717) is 11.3 Å². The number of esters is 1. The monoisotopic (exact) mass is 281 g/mol. The van der Waals surface area contributed by atoms with Gasteiger partial charge in [0.2, 0.25) is 0 Å². The van der Waals surface area contributed by atoms with Gasteiger partial charge in [-0.05, 0) is 11.6 Å². The van der Waals surface area contributed by atoms with Gasteiger partial charge in [-0.15, -0.1) is 0 Å². The number of hydrogen-bond acceptors (Lipinski definition) is 3. The topological polar surface area (TPSA) is 51.3 Å². The Morgan fingerprint density at radius 3 is 2.52 bits per heavy atom. The summed E-state index contributed by atoms with van der Waals surface area (Å²) in [6.07, 6.45) is 1.93. The molecule has 0 spiro atoms. The predicted octanol–water partition coefficient (Wildman–Crippen LogP) is 3.63. The van der Waals surface area contributed by atoms with Gasteiger partial charge < -0.3 is 14.5 Å². The van der Waals surface area contributed by atoms with Crippen LogP contribution in [0, 0.1) is 0 Å². The molecule has 0 aliphatic carbocycles. The summed E-state index contributed by atoms with van der Waals surface area (Å²) in [7, 11) is 2.90. The molecule has 0 saturated carbocycles. The van der Waals surface area contributed by atoms with Gasteiger partial charge in [0.1, 0.15) is 11.3 Å². The van der Waals surface area contributed by atoms with Crippen LogP contribution in [0.4, 0.5) is 0 Å². The van der Waals surface area contributed by atoms with E-state index in [1.165, 1.54) is 14.2 Å². The standard InChI is InChI=1S/C17H15NO3/c1-20-16-9-15-12(8-13(16)17(19)21-2)14(10-18-15)11-6-4-3-5-7-11/h3-10,18H,1-2H3. The van der Waals surface area contributed by atoms with Gasteiger partial charge >= 0.3 is 5.97 Å². The Bertz CT molecular complexity index is 790. The summed E-state index contributed by atoms with van der Waals surface area (Å²) in [6, 6.07) is 13.6. The Labute approximate surface area is 122 Å².